The van der Waals surface area contributed by atoms with E-state index in [1.54, 1.807) is 5.51 Å². The molecule has 2 rings (SSSR count). The van der Waals surface area contributed by atoms with Crippen LogP contribution in [0, 0.1) is 16.0 Å². The minimum atomic E-state index is -0.296. The molecule has 21 heavy (non-hydrogen) atoms. The van der Waals surface area contributed by atoms with Crippen molar-refractivity contribution in [3.05, 3.63) is 33.3 Å². The molecule has 6 heteroatoms. The van der Waals surface area contributed by atoms with E-state index in [-0.39, 0.29) is 16.7 Å². The van der Waals surface area contributed by atoms with Gasteiger partial charge in [0.25, 0.3) is 5.69 Å². The van der Waals surface area contributed by atoms with Crippen molar-refractivity contribution < 1.29 is 4.92 Å². The van der Waals surface area contributed by atoms with Crippen molar-refractivity contribution in [1.29, 1.82) is 0 Å². The molecule has 1 aromatic carbocycles. The van der Waals surface area contributed by atoms with Gasteiger partial charge in [-0.3, -0.25) is 10.1 Å². The number of likely N-dealkylation sites (N-methyl/N-ethyl adjacent to an activating group) is 1. The second kappa shape index (κ2) is 6.95. The van der Waals surface area contributed by atoms with E-state index in [2.05, 4.69) is 31.1 Å². The van der Waals surface area contributed by atoms with Gasteiger partial charge in [-0.05, 0) is 31.4 Å². The summed E-state index contributed by atoms with van der Waals surface area (Å²) in [6.45, 7) is 7.26. The third-order valence-corrected chi connectivity index (χ3v) is 4.25. The monoisotopic (exact) mass is 307 g/mol. The van der Waals surface area contributed by atoms with Crippen molar-refractivity contribution in [2.75, 3.05) is 6.54 Å². The first-order chi connectivity index (χ1) is 10.0. The van der Waals surface area contributed by atoms with Crippen molar-refractivity contribution in [1.82, 2.24) is 10.3 Å². The summed E-state index contributed by atoms with van der Waals surface area (Å²) >= 11 is 1.44. The molecule has 0 amide bonds. The van der Waals surface area contributed by atoms with Gasteiger partial charge >= 0.3 is 0 Å². The SMILES string of the molecule is CCNC(Cc1ccc2scnc2c1[N+](=O)[O-])CC(C)C. The number of hydrogen-bond acceptors (Lipinski definition) is 5. The number of nitrogens with one attached hydrogen (secondary N) is 1. The maximum absolute atomic E-state index is 11.4. The summed E-state index contributed by atoms with van der Waals surface area (Å²) in [5.41, 5.74) is 3.12. The quantitative estimate of drug-likeness (QED) is 0.624. The topological polar surface area (TPSA) is 68.1 Å². The average Bonchev–Trinajstić information content (AvgIpc) is 2.85. The van der Waals surface area contributed by atoms with Gasteiger partial charge in [0.1, 0.15) is 0 Å². The highest BCUT2D eigenvalue weighted by atomic mass is 32.1. The van der Waals surface area contributed by atoms with Crippen LogP contribution in [0.15, 0.2) is 17.6 Å². The molecule has 0 aliphatic carbocycles. The van der Waals surface area contributed by atoms with Crippen LogP contribution in [0.4, 0.5) is 5.69 Å². The van der Waals surface area contributed by atoms with Crippen LogP contribution in [0.1, 0.15) is 32.8 Å². The highest BCUT2D eigenvalue weighted by Gasteiger charge is 2.23. The highest BCUT2D eigenvalue weighted by molar-refractivity contribution is 7.16. The van der Waals surface area contributed by atoms with E-state index in [4.69, 9.17) is 0 Å². The molecule has 1 atom stereocenters. The van der Waals surface area contributed by atoms with Crippen LogP contribution >= 0.6 is 11.3 Å². The Morgan fingerprint density at radius 3 is 2.81 bits per heavy atom. The van der Waals surface area contributed by atoms with Crippen molar-refractivity contribution in [2.45, 2.75) is 39.7 Å². The molecule has 1 heterocycles. The zero-order chi connectivity index (χ0) is 15.4. The number of nitrogens with zero attached hydrogens (tertiary/aromatic N) is 2. The van der Waals surface area contributed by atoms with Gasteiger partial charge in [-0.25, -0.2) is 4.98 Å². The fourth-order valence-corrected chi connectivity index (χ4v) is 3.37. The summed E-state index contributed by atoms with van der Waals surface area (Å²) in [5.74, 6) is 0.552. The smallest absolute Gasteiger partial charge is 0.299 e. The predicted octanol–water partition coefficient (Wildman–Crippen LogP) is 3.77. The predicted molar refractivity (Wildman–Crippen MR) is 86.9 cm³/mol. The zero-order valence-corrected chi connectivity index (χ0v) is 13.4. The molecule has 5 nitrogen and oxygen atoms in total. The molecular weight excluding hydrogens is 286 g/mol. The Morgan fingerprint density at radius 2 is 2.19 bits per heavy atom. The Kier molecular flexibility index (Phi) is 5.25. The van der Waals surface area contributed by atoms with Crippen LogP contribution in [0.2, 0.25) is 0 Å². The minimum Gasteiger partial charge on any atom is -0.314 e. The minimum absolute atomic E-state index is 0.167. The molecule has 0 aliphatic rings. The number of benzene rings is 1. The number of fused-ring (bicyclic) bond motifs is 1. The second-order valence-corrected chi connectivity index (χ2v) is 6.50. The fraction of sp³-hybridized carbons (Fsp3) is 0.533. The lowest BCUT2D eigenvalue weighted by molar-refractivity contribution is -0.383. The molecule has 1 unspecified atom stereocenters. The molecule has 0 radical (unpaired) electrons. The summed E-state index contributed by atoms with van der Waals surface area (Å²) in [7, 11) is 0. The van der Waals surface area contributed by atoms with Crippen LogP contribution in [-0.4, -0.2) is 22.5 Å². The van der Waals surface area contributed by atoms with Crippen LogP contribution in [-0.2, 0) is 6.42 Å². The van der Waals surface area contributed by atoms with Gasteiger partial charge in [0, 0.05) is 11.6 Å². The average molecular weight is 307 g/mol. The Morgan fingerprint density at radius 1 is 1.43 bits per heavy atom. The van der Waals surface area contributed by atoms with Crippen molar-refractivity contribution in [3.63, 3.8) is 0 Å². The van der Waals surface area contributed by atoms with Crippen LogP contribution < -0.4 is 5.32 Å². The van der Waals surface area contributed by atoms with Crippen LogP contribution in [0.25, 0.3) is 10.2 Å². The molecule has 2 aromatic rings. The van der Waals surface area contributed by atoms with E-state index in [9.17, 15) is 10.1 Å². The third-order valence-electron chi connectivity index (χ3n) is 3.46. The van der Waals surface area contributed by atoms with Crippen LogP contribution in [0.3, 0.4) is 0 Å². The number of nitro benzene ring substituents is 1. The summed E-state index contributed by atoms with van der Waals surface area (Å²) < 4.78 is 0.870. The molecule has 0 bridgehead atoms. The number of aromatic nitrogens is 1. The lowest BCUT2D eigenvalue weighted by atomic mass is 9.96. The summed E-state index contributed by atoms with van der Waals surface area (Å²) in [4.78, 5) is 15.3. The lowest BCUT2D eigenvalue weighted by Crippen LogP contribution is -2.32. The highest BCUT2D eigenvalue weighted by Crippen LogP contribution is 2.32. The van der Waals surface area contributed by atoms with Gasteiger partial charge < -0.3 is 5.32 Å². The Balaban J connectivity index is 2.35. The Bertz CT molecular complexity index is 624. The molecule has 0 fully saturated rings. The lowest BCUT2D eigenvalue weighted by Gasteiger charge is -2.20. The van der Waals surface area contributed by atoms with E-state index >= 15 is 0 Å². The van der Waals surface area contributed by atoms with Gasteiger partial charge in [0.15, 0.2) is 5.52 Å². The van der Waals surface area contributed by atoms with E-state index < -0.39 is 0 Å². The van der Waals surface area contributed by atoms with Gasteiger partial charge in [-0.1, -0.05) is 26.8 Å². The fourth-order valence-electron chi connectivity index (χ4n) is 2.69. The number of rotatable bonds is 7. The van der Waals surface area contributed by atoms with Gasteiger partial charge in [0.2, 0.25) is 0 Å². The first-order valence-corrected chi connectivity index (χ1v) is 8.13. The molecule has 114 valence electrons. The second-order valence-electron chi connectivity index (χ2n) is 5.62. The number of nitro groups is 1. The first-order valence-electron chi connectivity index (χ1n) is 7.25. The van der Waals surface area contributed by atoms with Gasteiger partial charge in [-0.15, -0.1) is 11.3 Å². The summed E-state index contributed by atoms with van der Waals surface area (Å²) in [6, 6.07) is 4.07. The molecule has 0 aliphatic heterocycles. The molecule has 1 N–H and O–H groups in total. The van der Waals surface area contributed by atoms with Crippen molar-refractivity contribution >= 4 is 27.2 Å². The summed E-state index contributed by atoms with van der Waals surface area (Å²) in [5, 5.41) is 14.9. The van der Waals surface area contributed by atoms with E-state index in [1.807, 2.05) is 12.1 Å². The maximum Gasteiger partial charge on any atom is 0.299 e. The molecule has 0 saturated heterocycles. The number of hydrogen-bond donors (Lipinski definition) is 1. The Hall–Kier alpha value is -1.53. The van der Waals surface area contributed by atoms with Crippen LogP contribution in [0.5, 0.6) is 0 Å². The standard InChI is InChI=1S/C15H21N3O2S/c1-4-16-12(7-10(2)3)8-11-5-6-13-14(17-9-21-13)15(11)18(19)20/h5-6,9-10,12,16H,4,7-8H2,1-3H3. The zero-order valence-electron chi connectivity index (χ0n) is 12.6. The summed E-state index contributed by atoms with van der Waals surface area (Å²) in [6.07, 6.45) is 1.66. The normalized spacial score (nSPS) is 13.0. The van der Waals surface area contributed by atoms with E-state index in [1.165, 1.54) is 11.3 Å². The number of thiazole rings is 1. The van der Waals surface area contributed by atoms with Crippen molar-refractivity contribution in [2.24, 2.45) is 5.92 Å². The van der Waals surface area contributed by atoms with E-state index in [0.717, 1.165) is 23.2 Å². The first kappa shape index (κ1) is 15.9. The molecule has 0 saturated carbocycles. The third kappa shape index (κ3) is 3.77. The van der Waals surface area contributed by atoms with Gasteiger partial charge in [-0.2, -0.15) is 0 Å². The molecule has 0 spiro atoms. The Labute approximate surface area is 128 Å². The molecule has 1 aromatic heterocycles. The van der Waals surface area contributed by atoms with E-state index in [0.29, 0.717) is 17.9 Å². The molecular formula is C15H21N3O2S. The van der Waals surface area contributed by atoms with Gasteiger partial charge in [0.05, 0.1) is 15.1 Å². The van der Waals surface area contributed by atoms with Crippen molar-refractivity contribution in [3.8, 4) is 0 Å². The largest absolute Gasteiger partial charge is 0.314 e. The maximum atomic E-state index is 11.4.